The van der Waals surface area contributed by atoms with Crippen LogP contribution in [0.25, 0.3) is 0 Å². The lowest BCUT2D eigenvalue weighted by Crippen LogP contribution is -2.27. The largest absolute Gasteiger partial charge is 0.465 e. The molecule has 0 fully saturated rings. The number of esters is 1. The zero-order valence-electron chi connectivity index (χ0n) is 14.5. The van der Waals surface area contributed by atoms with Crippen LogP contribution in [0.5, 0.6) is 5.75 Å². The molecule has 3 rings (SSSR count). The molecule has 1 heterocycles. The summed E-state index contributed by atoms with van der Waals surface area (Å²) < 4.78 is 10.7. The van der Waals surface area contributed by atoms with Gasteiger partial charge in [0.1, 0.15) is 11.3 Å². The van der Waals surface area contributed by atoms with Gasteiger partial charge in [0, 0.05) is 41.5 Å². The van der Waals surface area contributed by atoms with Crippen molar-refractivity contribution in [2.24, 2.45) is 5.73 Å². The average molecular weight is 393 g/mol. The number of nitrogens with two attached hydrogens (primary N) is 1. The van der Waals surface area contributed by atoms with E-state index in [1.165, 1.54) is 7.11 Å². The summed E-state index contributed by atoms with van der Waals surface area (Å²) in [4.78, 5) is 14.4. The van der Waals surface area contributed by atoms with Gasteiger partial charge >= 0.3 is 5.97 Å². The number of nitrogens with zero attached hydrogens (tertiary/aromatic N) is 1. The normalized spacial score (nSPS) is 16.0. The van der Waals surface area contributed by atoms with Gasteiger partial charge < -0.3 is 20.1 Å². The third kappa shape index (κ3) is 3.20. The number of fused-ring (bicyclic) bond motifs is 1. The molecule has 0 saturated carbocycles. The molecule has 0 aliphatic carbocycles. The fourth-order valence-electron chi connectivity index (χ4n) is 2.99. The Bertz CT molecular complexity index is 910. The first-order chi connectivity index (χ1) is 12.3. The zero-order chi connectivity index (χ0) is 19.0. The van der Waals surface area contributed by atoms with Gasteiger partial charge in [-0.2, -0.15) is 0 Å². The van der Waals surface area contributed by atoms with Crippen LogP contribution in [-0.2, 0) is 9.53 Å². The molecular formula is C19H18Cl2N2O3. The Hall–Kier alpha value is -2.37. The fraction of sp³-hybridized carbons (Fsp3) is 0.211. The van der Waals surface area contributed by atoms with Crippen LogP contribution >= 0.6 is 23.2 Å². The first kappa shape index (κ1) is 18.4. The smallest absolute Gasteiger partial charge is 0.340 e. The summed E-state index contributed by atoms with van der Waals surface area (Å²) in [5.74, 6) is -0.526. The summed E-state index contributed by atoms with van der Waals surface area (Å²) in [5.41, 5.74) is 8.70. The number of methoxy groups -OCH3 is 1. The predicted octanol–water partition coefficient (Wildman–Crippen LogP) is 3.93. The standard InChI is InChI=1S/C19H18Cl2N2O3/c1-23(2)11-5-7-13-15(9-11)26-18(22)17(19(24)25-3)16(13)12-6-4-10(20)8-14(12)21/h4-9,16H,22H2,1-3H3/t16-/m0/s1. The SMILES string of the molecule is COC(=O)C1=C(N)Oc2cc(N(C)C)ccc2[C@@H]1c1ccc(Cl)cc1Cl. The second-order valence-electron chi connectivity index (χ2n) is 6.09. The molecule has 0 amide bonds. The Balaban J connectivity index is 2.24. The van der Waals surface area contributed by atoms with Crippen molar-refractivity contribution < 1.29 is 14.3 Å². The van der Waals surface area contributed by atoms with Gasteiger partial charge in [0.25, 0.3) is 0 Å². The van der Waals surface area contributed by atoms with E-state index in [0.717, 1.165) is 11.3 Å². The van der Waals surface area contributed by atoms with Gasteiger partial charge in [-0.3, -0.25) is 0 Å². The van der Waals surface area contributed by atoms with E-state index >= 15 is 0 Å². The van der Waals surface area contributed by atoms with Crippen molar-refractivity contribution >= 4 is 34.9 Å². The second-order valence-corrected chi connectivity index (χ2v) is 6.93. The van der Waals surface area contributed by atoms with Crippen molar-refractivity contribution in [1.82, 2.24) is 0 Å². The maximum atomic E-state index is 12.4. The number of carbonyl (C=O) groups is 1. The molecule has 1 aliphatic heterocycles. The molecule has 7 heteroatoms. The first-order valence-corrected chi connectivity index (χ1v) is 8.61. The number of hydrogen-bond donors (Lipinski definition) is 1. The lowest BCUT2D eigenvalue weighted by molar-refractivity contribution is -0.136. The highest BCUT2D eigenvalue weighted by atomic mass is 35.5. The van der Waals surface area contributed by atoms with Gasteiger partial charge in [-0.25, -0.2) is 4.79 Å². The van der Waals surface area contributed by atoms with Crippen molar-refractivity contribution in [3.8, 4) is 5.75 Å². The Morgan fingerprint density at radius 2 is 1.85 bits per heavy atom. The molecule has 5 nitrogen and oxygen atoms in total. The summed E-state index contributed by atoms with van der Waals surface area (Å²) >= 11 is 12.4. The minimum atomic E-state index is -0.569. The lowest BCUT2D eigenvalue weighted by atomic mass is 9.83. The molecule has 1 atom stereocenters. The number of ether oxygens (including phenoxy) is 2. The minimum Gasteiger partial charge on any atom is -0.465 e. The topological polar surface area (TPSA) is 64.8 Å². The Kier molecular flexibility index (Phi) is 5.03. The molecule has 0 spiro atoms. The summed E-state index contributed by atoms with van der Waals surface area (Å²) in [6.45, 7) is 0. The second kappa shape index (κ2) is 7.09. The van der Waals surface area contributed by atoms with Gasteiger partial charge in [-0.1, -0.05) is 35.3 Å². The molecule has 2 aromatic carbocycles. The van der Waals surface area contributed by atoms with Crippen molar-refractivity contribution in [1.29, 1.82) is 0 Å². The molecule has 136 valence electrons. The van der Waals surface area contributed by atoms with Crippen LogP contribution in [0.15, 0.2) is 47.9 Å². The van der Waals surface area contributed by atoms with E-state index in [1.807, 2.05) is 37.2 Å². The third-order valence-electron chi connectivity index (χ3n) is 4.28. The van der Waals surface area contributed by atoms with E-state index in [1.54, 1.807) is 18.2 Å². The molecule has 0 radical (unpaired) electrons. The van der Waals surface area contributed by atoms with Gasteiger partial charge in [-0.05, 0) is 23.8 Å². The van der Waals surface area contributed by atoms with Crippen molar-refractivity contribution in [2.45, 2.75) is 5.92 Å². The molecule has 0 aromatic heterocycles. The van der Waals surface area contributed by atoms with E-state index in [-0.39, 0.29) is 11.5 Å². The quantitative estimate of drug-likeness (QED) is 0.801. The fourth-order valence-corrected chi connectivity index (χ4v) is 3.50. The van der Waals surface area contributed by atoms with Gasteiger partial charge in [0.05, 0.1) is 13.0 Å². The van der Waals surface area contributed by atoms with Crippen molar-refractivity contribution in [3.63, 3.8) is 0 Å². The number of benzene rings is 2. The Morgan fingerprint density at radius 3 is 2.46 bits per heavy atom. The first-order valence-electron chi connectivity index (χ1n) is 7.85. The van der Waals surface area contributed by atoms with Crippen LogP contribution in [0.3, 0.4) is 0 Å². The van der Waals surface area contributed by atoms with Crippen molar-refractivity contribution in [2.75, 3.05) is 26.1 Å². The third-order valence-corrected chi connectivity index (χ3v) is 4.84. The molecule has 1 aliphatic rings. The predicted molar refractivity (Wildman–Crippen MR) is 103 cm³/mol. The van der Waals surface area contributed by atoms with E-state index in [2.05, 4.69) is 0 Å². The van der Waals surface area contributed by atoms with Crippen LogP contribution in [0.4, 0.5) is 5.69 Å². The van der Waals surface area contributed by atoms with Crippen LogP contribution in [0.2, 0.25) is 10.0 Å². The lowest BCUT2D eigenvalue weighted by Gasteiger charge is -2.29. The number of halogens is 2. The number of hydrogen-bond acceptors (Lipinski definition) is 5. The molecule has 2 aromatic rings. The highest BCUT2D eigenvalue weighted by Crippen LogP contribution is 2.46. The van der Waals surface area contributed by atoms with E-state index in [9.17, 15) is 4.79 Å². The van der Waals surface area contributed by atoms with Gasteiger partial charge in [-0.15, -0.1) is 0 Å². The van der Waals surface area contributed by atoms with Gasteiger partial charge in [0.2, 0.25) is 5.88 Å². The minimum absolute atomic E-state index is 0.00345. The number of rotatable bonds is 3. The summed E-state index contributed by atoms with van der Waals surface area (Å²) in [5, 5.41) is 0.937. The summed E-state index contributed by atoms with van der Waals surface area (Å²) in [6, 6.07) is 10.8. The van der Waals surface area contributed by atoms with Crippen LogP contribution in [0.1, 0.15) is 17.0 Å². The van der Waals surface area contributed by atoms with Gasteiger partial charge in [0.15, 0.2) is 0 Å². The number of anilines is 1. The average Bonchev–Trinajstić information content (AvgIpc) is 2.59. The summed E-state index contributed by atoms with van der Waals surface area (Å²) in [6.07, 6.45) is 0. The highest BCUT2D eigenvalue weighted by Gasteiger charge is 2.36. The molecule has 0 bridgehead atoms. The monoisotopic (exact) mass is 392 g/mol. The molecule has 0 saturated heterocycles. The van der Waals surface area contributed by atoms with E-state index in [4.69, 9.17) is 38.4 Å². The van der Waals surface area contributed by atoms with E-state index < -0.39 is 11.9 Å². The maximum absolute atomic E-state index is 12.4. The summed E-state index contributed by atoms with van der Waals surface area (Å²) in [7, 11) is 5.15. The molecule has 26 heavy (non-hydrogen) atoms. The number of carbonyl (C=O) groups excluding carboxylic acids is 1. The Labute approximate surface area is 161 Å². The Morgan fingerprint density at radius 1 is 1.15 bits per heavy atom. The maximum Gasteiger partial charge on any atom is 0.340 e. The highest BCUT2D eigenvalue weighted by molar-refractivity contribution is 6.35. The van der Waals surface area contributed by atoms with Crippen molar-refractivity contribution in [3.05, 3.63) is 69.0 Å². The van der Waals surface area contributed by atoms with Crippen LogP contribution < -0.4 is 15.4 Å². The molecular weight excluding hydrogens is 375 g/mol. The zero-order valence-corrected chi connectivity index (χ0v) is 16.1. The molecule has 2 N–H and O–H groups in total. The molecule has 0 unspecified atom stereocenters. The van der Waals surface area contributed by atoms with E-state index in [0.29, 0.717) is 21.4 Å². The van der Waals surface area contributed by atoms with Crippen LogP contribution in [-0.4, -0.2) is 27.2 Å². The van der Waals surface area contributed by atoms with Crippen LogP contribution in [0, 0.1) is 0 Å².